The van der Waals surface area contributed by atoms with Gasteiger partial charge in [-0.2, -0.15) is 0 Å². The van der Waals surface area contributed by atoms with Gasteiger partial charge in [0.1, 0.15) is 0 Å². The summed E-state index contributed by atoms with van der Waals surface area (Å²) in [5.41, 5.74) is 2.41. The van der Waals surface area contributed by atoms with Crippen LogP contribution in [0.15, 0.2) is 33.7 Å². The Morgan fingerprint density at radius 2 is 2.29 bits per heavy atom. The van der Waals surface area contributed by atoms with E-state index in [-0.39, 0.29) is 17.1 Å². The first-order chi connectivity index (χ1) is 8.15. The first-order valence-electron chi connectivity index (χ1n) is 5.50. The van der Waals surface area contributed by atoms with Crippen LogP contribution in [0.3, 0.4) is 0 Å². The molecule has 0 amide bonds. The van der Waals surface area contributed by atoms with Gasteiger partial charge in [0, 0.05) is 12.3 Å². The minimum absolute atomic E-state index is 0.101. The Hall–Kier alpha value is -0.380. The second-order valence-electron chi connectivity index (χ2n) is 4.33. The molecule has 1 aromatic rings. The maximum Gasteiger partial charge on any atom is 0.174 e. The van der Waals surface area contributed by atoms with E-state index in [1.165, 1.54) is 11.1 Å². The number of hydrogen-bond acceptors (Lipinski definition) is 2. The molecule has 1 nitrogen and oxygen atoms in total. The van der Waals surface area contributed by atoms with Crippen LogP contribution in [0.1, 0.15) is 34.0 Å². The highest BCUT2D eigenvalue weighted by Gasteiger charge is 2.33. The van der Waals surface area contributed by atoms with E-state index >= 15 is 0 Å². The largest absolute Gasteiger partial charge is 0.293 e. The number of hydrogen-bond donors (Lipinski definition) is 0. The van der Waals surface area contributed by atoms with E-state index in [1.54, 1.807) is 11.3 Å². The third-order valence-corrected chi connectivity index (χ3v) is 5.25. The summed E-state index contributed by atoms with van der Waals surface area (Å²) in [4.78, 5) is 12.8. The van der Waals surface area contributed by atoms with E-state index in [2.05, 4.69) is 34.1 Å². The topological polar surface area (TPSA) is 17.1 Å². The van der Waals surface area contributed by atoms with E-state index in [0.717, 1.165) is 15.1 Å². The molecule has 0 radical (unpaired) electrons. The molecule has 2 unspecified atom stereocenters. The molecule has 0 aromatic carbocycles. The average molecular weight is 330 g/mol. The molecule has 0 saturated heterocycles. The Kier molecular flexibility index (Phi) is 3.01. The van der Waals surface area contributed by atoms with Crippen molar-refractivity contribution in [2.24, 2.45) is 0 Å². The van der Waals surface area contributed by atoms with Gasteiger partial charge in [-0.05, 0) is 39.6 Å². The van der Waals surface area contributed by atoms with Crippen molar-refractivity contribution in [3.63, 3.8) is 0 Å². The molecule has 0 aliphatic heterocycles. The zero-order valence-corrected chi connectivity index (χ0v) is 12.1. The standard InChI is InChI=1S/C13H10BrClOS/c14-12-6-10-9(5-11(16)13(10)17-12)7-1-3-8(15)4-2-7/h1-3,6,8-9H,4-5H2. The smallest absolute Gasteiger partial charge is 0.174 e. The molecule has 0 saturated carbocycles. The molecule has 3 rings (SSSR count). The first-order valence-corrected chi connectivity index (χ1v) is 7.54. The predicted octanol–water partition coefficient (Wildman–Crippen LogP) is 4.67. The number of fused-ring (bicyclic) bond motifs is 1. The number of allylic oxidation sites excluding steroid dienone is 4. The first kappa shape index (κ1) is 11.7. The highest BCUT2D eigenvalue weighted by Crippen LogP contribution is 2.45. The summed E-state index contributed by atoms with van der Waals surface area (Å²) in [7, 11) is 0. The Morgan fingerprint density at radius 3 is 3.00 bits per heavy atom. The van der Waals surface area contributed by atoms with Crippen molar-refractivity contribution in [1.82, 2.24) is 0 Å². The molecule has 0 fully saturated rings. The molecule has 0 N–H and O–H groups in total. The number of rotatable bonds is 1. The zero-order valence-electron chi connectivity index (χ0n) is 8.95. The van der Waals surface area contributed by atoms with E-state index < -0.39 is 0 Å². The van der Waals surface area contributed by atoms with E-state index in [1.807, 2.05) is 6.08 Å². The molecule has 88 valence electrons. The quantitative estimate of drug-likeness (QED) is 0.684. The van der Waals surface area contributed by atoms with Crippen molar-refractivity contribution >= 4 is 44.7 Å². The highest BCUT2D eigenvalue weighted by atomic mass is 79.9. The van der Waals surface area contributed by atoms with Gasteiger partial charge in [-0.3, -0.25) is 4.79 Å². The Balaban J connectivity index is 1.97. The lowest BCUT2D eigenvalue weighted by Gasteiger charge is -2.16. The lowest BCUT2D eigenvalue weighted by atomic mass is 9.90. The number of carbonyl (C=O) groups excluding carboxylic acids is 1. The van der Waals surface area contributed by atoms with Gasteiger partial charge in [0.05, 0.1) is 14.0 Å². The predicted molar refractivity (Wildman–Crippen MR) is 75.2 cm³/mol. The van der Waals surface area contributed by atoms with Crippen LogP contribution in [0.4, 0.5) is 0 Å². The van der Waals surface area contributed by atoms with Crippen LogP contribution < -0.4 is 0 Å². The minimum atomic E-state index is 0.101. The van der Waals surface area contributed by atoms with Crippen molar-refractivity contribution in [2.45, 2.75) is 24.1 Å². The van der Waals surface area contributed by atoms with Crippen LogP contribution in [0.2, 0.25) is 0 Å². The lowest BCUT2D eigenvalue weighted by Crippen LogP contribution is -2.03. The molecular formula is C13H10BrClOS. The summed E-state index contributed by atoms with van der Waals surface area (Å²) in [6, 6.07) is 2.08. The van der Waals surface area contributed by atoms with Crippen molar-refractivity contribution in [1.29, 1.82) is 0 Å². The fraction of sp³-hybridized carbons (Fsp3) is 0.308. The van der Waals surface area contributed by atoms with Crippen LogP contribution in [0.25, 0.3) is 0 Å². The highest BCUT2D eigenvalue weighted by molar-refractivity contribution is 9.11. The monoisotopic (exact) mass is 328 g/mol. The third-order valence-electron chi connectivity index (χ3n) is 3.23. The van der Waals surface area contributed by atoms with Gasteiger partial charge in [-0.1, -0.05) is 18.2 Å². The molecular weight excluding hydrogens is 320 g/mol. The maximum atomic E-state index is 11.9. The van der Waals surface area contributed by atoms with Crippen LogP contribution in [0.5, 0.6) is 0 Å². The van der Waals surface area contributed by atoms with Gasteiger partial charge in [-0.15, -0.1) is 22.9 Å². The molecule has 1 heterocycles. The summed E-state index contributed by atoms with van der Waals surface area (Å²) in [5, 5.41) is 0.101. The van der Waals surface area contributed by atoms with Gasteiger partial charge in [-0.25, -0.2) is 0 Å². The normalized spacial score (nSPS) is 27.2. The maximum absolute atomic E-state index is 11.9. The van der Waals surface area contributed by atoms with Crippen molar-refractivity contribution in [3.8, 4) is 0 Å². The summed E-state index contributed by atoms with van der Waals surface area (Å²) in [6.45, 7) is 0. The molecule has 2 atom stereocenters. The second-order valence-corrected chi connectivity index (χ2v) is 7.32. The van der Waals surface area contributed by atoms with Gasteiger partial charge in [0.15, 0.2) is 5.78 Å². The molecule has 2 aliphatic rings. The molecule has 4 heteroatoms. The second kappa shape index (κ2) is 4.38. The number of halogens is 2. The summed E-state index contributed by atoms with van der Waals surface area (Å²) >= 11 is 11.0. The lowest BCUT2D eigenvalue weighted by molar-refractivity contribution is 0.0994. The minimum Gasteiger partial charge on any atom is -0.293 e. The van der Waals surface area contributed by atoms with Gasteiger partial charge >= 0.3 is 0 Å². The SMILES string of the molecule is O=C1CC(C2=CCC(Cl)C=C2)c2cc(Br)sc21. The van der Waals surface area contributed by atoms with E-state index in [0.29, 0.717) is 6.42 Å². The Bertz CT molecular complexity index is 544. The third kappa shape index (κ3) is 2.05. The van der Waals surface area contributed by atoms with Gasteiger partial charge in [0.25, 0.3) is 0 Å². The van der Waals surface area contributed by atoms with Gasteiger partial charge in [0.2, 0.25) is 0 Å². The number of ketones is 1. The summed E-state index contributed by atoms with van der Waals surface area (Å²) in [5.74, 6) is 0.503. The fourth-order valence-corrected chi connectivity index (χ4v) is 4.20. The van der Waals surface area contributed by atoms with Crippen LogP contribution in [0, 0.1) is 0 Å². The molecule has 0 bridgehead atoms. The van der Waals surface area contributed by atoms with E-state index in [4.69, 9.17) is 11.6 Å². The molecule has 17 heavy (non-hydrogen) atoms. The Labute approximate surface area is 117 Å². The number of alkyl halides is 1. The molecule has 1 aromatic heterocycles. The zero-order chi connectivity index (χ0) is 12.0. The van der Waals surface area contributed by atoms with E-state index in [9.17, 15) is 4.79 Å². The Morgan fingerprint density at radius 1 is 1.47 bits per heavy atom. The van der Waals surface area contributed by atoms with Crippen LogP contribution in [-0.2, 0) is 0 Å². The average Bonchev–Trinajstić information content (AvgIpc) is 2.80. The van der Waals surface area contributed by atoms with Gasteiger partial charge < -0.3 is 0 Å². The summed E-state index contributed by atoms with van der Waals surface area (Å²) in [6.07, 6.45) is 7.72. The number of thiophene rings is 1. The number of Topliss-reactive ketones (excluding diaryl/α,β-unsaturated/α-hetero) is 1. The molecule has 0 spiro atoms. The van der Waals surface area contributed by atoms with Crippen LogP contribution in [-0.4, -0.2) is 11.2 Å². The molecule has 2 aliphatic carbocycles. The summed E-state index contributed by atoms with van der Waals surface area (Å²) < 4.78 is 1.04. The van der Waals surface area contributed by atoms with Crippen molar-refractivity contribution < 1.29 is 4.79 Å². The van der Waals surface area contributed by atoms with Crippen molar-refractivity contribution in [2.75, 3.05) is 0 Å². The van der Waals surface area contributed by atoms with Crippen molar-refractivity contribution in [3.05, 3.63) is 44.1 Å². The fourth-order valence-electron chi connectivity index (χ4n) is 2.41. The number of carbonyl (C=O) groups is 1. The van der Waals surface area contributed by atoms with Crippen LogP contribution >= 0.6 is 38.9 Å².